The predicted octanol–water partition coefficient (Wildman–Crippen LogP) is 1.92. The van der Waals surface area contributed by atoms with Crippen LogP contribution in [0.5, 0.6) is 0 Å². The summed E-state index contributed by atoms with van der Waals surface area (Å²) in [6, 6.07) is 9.08. The first-order chi connectivity index (χ1) is 9.63. The molecular weight excluding hydrogens is 272 g/mol. The minimum atomic E-state index is 0.334. The molecule has 0 spiro atoms. The van der Waals surface area contributed by atoms with Gasteiger partial charge in [0.2, 0.25) is 0 Å². The first-order valence-electron chi connectivity index (χ1n) is 5.84. The molecule has 0 saturated heterocycles. The van der Waals surface area contributed by atoms with Gasteiger partial charge in [-0.25, -0.2) is 9.97 Å². The standard InChI is InChI=1S/C13H12N6S/c14-10-6-11(15)19-13(18-10)20-9-4-3-8-7(12(9)16)2-1-5-17-8/h1-6H,16H2,(H4,14,15,18,19). The fourth-order valence-electron chi connectivity index (χ4n) is 1.85. The van der Waals surface area contributed by atoms with E-state index >= 15 is 0 Å². The number of nitrogen functional groups attached to an aromatic ring is 3. The van der Waals surface area contributed by atoms with Crippen LogP contribution in [-0.2, 0) is 0 Å². The van der Waals surface area contributed by atoms with Gasteiger partial charge in [0.15, 0.2) is 5.16 Å². The van der Waals surface area contributed by atoms with Crippen LogP contribution in [0.3, 0.4) is 0 Å². The number of aromatic nitrogens is 3. The van der Waals surface area contributed by atoms with Crippen LogP contribution in [0.1, 0.15) is 0 Å². The smallest absolute Gasteiger partial charge is 0.196 e. The third kappa shape index (κ3) is 2.30. The SMILES string of the molecule is Nc1cc(N)nc(Sc2ccc3ncccc3c2N)n1. The maximum absolute atomic E-state index is 6.16. The Morgan fingerprint density at radius 1 is 0.950 bits per heavy atom. The molecular formula is C13H12N6S. The van der Waals surface area contributed by atoms with Gasteiger partial charge in [0.1, 0.15) is 11.6 Å². The maximum atomic E-state index is 6.16. The van der Waals surface area contributed by atoms with Gasteiger partial charge in [-0.05, 0) is 36.0 Å². The molecule has 0 atom stereocenters. The molecule has 0 aliphatic carbocycles. The second-order valence-electron chi connectivity index (χ2n) is 4.15. The minimum Gasteiger partial charge on any atom is -0.397 e. The van der Waals surface area contributed by atoms with Crippen LogP contribution in [0, 0.1) is 0 Å². The van der Waals surface area contributed by atoms with E-state index in [-0.39, 0.29) is 0 Å². The molecule has 0 fully saturated rings. The van der Waals surface area contributed by atoms with Crippen LogP contribution in [-0.4, -0.2) is 15.0 Å². The highest BCUT2D eigenvalue weighted by Gasteiger charge is 2.09. The van der Waals surface area contributed by atoms with Gasteiger partial charge >= 0.3 is 0 Å². The molecule has 20 heavy (non-hydrogen) atoms. The number of nitrogens with zero attached hydrogens (tertiary/aromatic N) is 3. The summed E-state index contributed by atoms with van der Waals surface area (Å²) in [5.41, 5.74) is 19.0. The van der Waals surface area contributed by atoms with Gasteiger partial charge in [-0.2, -0.15) is 0 Å². The average molecular weight is 284 g/mol. The van der Waals surface area contributed by atoms with Crippen molar-refractivity contribution in [1.29, 1.82) is 0 Å². The first-order valence-corrected chi connectivity index (χ1v) is 6.66. The van der Waals surface area contributed by atoms with Crippen LogP contribution < -0.4 is 17.2 Å². The van der Waals surface area contributed by atoms with Crippen molar-refractivity contribution in [2.75, 3.05) is 17.2 Å². The molecule has 1 aromatic carbocycles. The van der Waals surface area contributed by atoms with E-state index in [9.17, 15) is 0 Å². The van der Waals surface area contributed by atoms with Crippen molar-refractivity contribution in [2.45, 2.75) is 10.1 Å². The van der Waals surface area contributed by atoms with E-state index in [0.29, 0.717) is 22.5 Å². The van der Waals surface area contributed by atoms with E-state index in [1.807, 2.05) is 24.3 Å². The fourth-order valence-corrected chi connectivity index (χ4v) is 2.70. The Morgan fingerprint density at radius 3 is 2.45 bits per heavy atom. The summed E-state index contributed by atoms with van der Waals surface area (Å²) in [6.07, 6.45) is 1.73. The van der Waals surface area contributed by atoms with E-state index < -0.39 is 0 Å². The van der Waals surface area contributed by atoms with Crippen LogP contribution in [0.2, 0.25) is 0 Å². The fraction of sp³-hybridized carbons (Fsp3) is 0. The van der Waals surface area contributed by atoms with Crippen molar-refractivity contribution < 1.29 is 0 Å². The van der Waals surface area contributed by atoms with Gasteiger partial charge in [-0.3, -0.25) is 4.98 Å². The van der Waals surface area contributed by atoms with E-state index in [1.165, 1.54) is 17.8 Å². The minimum absolute atomic E-state index is 0.334. The molecule has 0 bridgehead atoms. The highest BCUT2D eigenvalue weighted by Crippen LogP contribution is 2.34. The second kappa shape index (κ2) is 4.86. The Hall–Kier alpha value is -2.54. The molecule has 3 aromatic rings. The molecule has 100 valence electrons. The number of pyridine rings is 1. The lowest BCUT2D eigenvalue weighted by atomic mass is 10.2. The zero-order chi connectivity index (χ0) is 14.1. The summed E-state index contributed by atoms with van der Waals surface area (Å²) in [5, 5.41) is 1.37. The molecule has 0 saturated carbocycles. The van der Waals surface area contributed by atoms with Crippen molar-refractivity contribution in [3.8, 4) is 0 Å². The molecule has 0 aliphatic rings. The third-order valence-electron chi connectivity index (χ3n) is 2.73. The van der Waals surface area contributed by atoms with Crippen LogP contribution in [0.4, 0.5) is 17.3 Å². The number of fused-ring (bicyclic) bond motifs is 1. The summed E-state index contributed by atoms with van der Waals surface area (Å²) < 4.78 is 0. The second-order valence-corrected chi connectivity index (χ2v) is 5.16. The molecule has 7 heteroatoms. The molecule has 0 amide bonds. The average Bonchev–Trinajstić information content (AvgIpc) is 2.41. The Morgan fingerprint density at radius 2 is 1.70 bits per heavy atom. The van der Waals surface area contributed by atoms with Gasteiger partial charge in [-0.1, -0.05) is 0 Å². The van der Waals surface area contributed by atoms with Crippen molar-refractivity contribution in [3.63, 3.8) is 0 Å². The third-order valence-corrected chi connectivity index (χ3v) is 3.67. The van der Waals surface area contributed by atoms with Gasteiger partial charge in [-0.15, -0.1) is 0 Å². The summed E-state index contributed by atoms with van der Waals surface area (Å²) in [5.74, 6) is 0.669. The number of nitrogens with two attached hydrogens (primary N) is 3. The normalized spacial score (nSPS) is 10.8. The monoisotopic (exact) mass is 284 g/mol. The van der Waals surface area contributed by atoms with Crippen molar-refractivity contribution in [2.24, 2.45) is 0 Å². The Bertz CT molecular complexity index is 769. The number of benzene rings is 1. The van der Waals surface area contributed by atoms with Crippen LogP contribution in [0.15, 0.2) is 46.6 Å². The molecule has 6 nitrogen and oxygen atoms in total. The van der Waals surface area contributed by atoms with Gasteiger partial charge in [0, 0.05) is 22.5 Å². The highest BCUT2D eigenvalue weighted by molar-refractivity contribution is 7.99. The Kier molecular flexibility index (Phi) is 3.03. The van der Waals surface area contributed by atoms with Gasteiger partial charge in [0.05, 0.1) is 11.2 Å². The van der Waals surface area contributed by atoms with Crippen LogP contribution >= 0.6 is 11.8 Å². The largest absolute Gasteiger partial charge is 0.397 e. The summed E-state index contributed by atoms with van der Waals surface area (Å²) in [6.45, 7) is 0. The maximum Gasteiger partial charge on any atom is 0.196 e. The predicted molar refractivity (Wildman–Crippen MR) is 81.1 cm³/mol. The summed E-state index contributed by atoms with van der Waals surface area (Å²) >= 11 is 1.32. The number of hydrogen-bond donors (Lipinski definition) is 3. The Balaban J connectivity index is 2.04. The quantitative estimate of drug-likeness (QED) is 0.486. The van der Waals surface area contributed by atoms with E-state index in [1.54, 1.807) is 6.20 Å². The van der Waals surface area contributed by atoms with Crippen molar-refractivity contribution in [3.05, 3.63) is 36.5 Å². The molecule has 6 N–H and O–H groups in total. The topological polar surface area (TPSA) is 117 Å². The number of hydrogen-bond acceptors (Lipinski definition) is 7. The lowest BCUT2D eigenvalue weighted by Crippen LogP contribution is -1.99. The number of rotatable bonds is 2. The zero-order valence-electron chi connectivity index (χ0n) is 10.4. The van der Waals surface area contributed by atoms with E-state index in [0.717, 1.165) is 15.8 Å². The summed E-state index contributed by atoms with van der Waals surface area (Å²) in [7, 11) is 0. The van der Waals surface area contributed by atoms with E-state index in [4.69, 9.17) is 17.2 Å². The van der Waals surface area contributed by atoms with Crippen molar-refractivity contribution >= 4 is 40.0 Å². The lowest BCUT2D eigenvalue weighted by molar-refractivity contribution is 0.985. The van der Waals surface area contributed by atoms with Gasteiger partial charge < -0.3 is 17.2 Å². The zero-order valence-corrected chi connectivity index (χ0v) is 11.3. The molecule has 2 aromatic heterocycles. The molecule has 3 rings (SSSR count). The van der Waals surface area contributed by atoms with Crippen LogP contribution in [0.25, 0.3) is 10.9 Å². The highest BCUT2D eigenvalue weighted by atomic mass is 32.2. The molecule has 0 aliphatic heterocycles. The van der Waals surface area contributed by atoms with Gasteiger partial charge in [0.25, 0.3) is 0 Å². The molecule has 0 radical (unpaired) electrons. The van der Waals surface area contributed by atoms with Crippen molar-refractivity contribution in [1.82, 2.24) is 15.0 Å². The lowest BCUT2D eigenvalue weighted by Gasteiger charge is -2.08. The summed E-state index contributed by atoms with van der Waals surface area (Å²) in [4.78, 5) is 13.4. The number of anilines is 3. The molecule has 0 unspecified atom stereocenters. The Labute approximate surface area is 119 Å². The molecule has 2 heterocycles. The first kappa shape index (κ1) is 12.5. The van der Waals surface area contributed by atoms with E-state index in [2.05, 4.69) is 15.0 Å².